The summed E-state index contributed by atoms with van der Waals surface area (Å²) in [5.41, 5.74) is 0. The van der Waals surface area contributed by atoms with Gasteiger partial charge in [-0.1, -0.05) is 191 Å². The summed E-state index contributed by atoms with van der Waals surface area (Å²) >= 11 is 0. The van der Waals surface area contributed by atoms with Crippen molar-refractivity contribution >= 4 is 16.3 Å². The maximum Gasteiger partial charge on any atom is 0.397 e. The quantitative estimate of drug-likeness (QED) is 0.0132. The van der Waals surface area contributed by atoms with Crippen molar-refractivity contribution in [2.75, 3.05) is 13.2 Å². The van der Waals surface area contributed by atoms with Crippen LogP contribution in [-0.2, 0) is 28.9 Å². The topological polar surface area (TPSA) is 212 Å². The van der Waals surface area contributed by atoms with E-state index in [9.17, 15) is 43.3 Å². The van der Waals surface area contributed by atoms with Gasteiger partial charge in [0.25, 0.3) is 0 Å². The van der Waals surface area contributed by atoms with E-state index in [2.05, 4.69) is 59.8 Å². The summed E-state index contributed by atoms with van der Waals surface area (Å²) < 4.78 is 47.6. The number of allylic oxidation sites excluding steroid dienone is 7. The number of hydrogen-bond acceptors (Lipinski definition) is 11. The van der Waals surface area contributed by atoms with Crippen LogP contribution in [0.4, 0.5) is 0 Å². The Kier molecular flexibility index (Phi) is 37.6. The van der Waals surface area contributed by atoms with Gasteiger partial charge in [0.15, 0.2) is 6.29 Å². The minimum Gasteiger partial charge on any atom is -0.394 e. The van der Waals surface area contributed by atoms with Crippen molar-refractivity contribution in [3.05, 3.63) is 48.6 Å². The summed E-state index contributed by atoms with van der Waals surface area (Å²) in [6.07, 6.45) is 37.6. The number of aliphatic hydroxyl groups excluding tert-OH is 5. The summed E-state index contributed by atoms with van der Waals surface area (Å²) in [4.78, 5) is 13.1. The molecule has 1 aliphatic rings. The summed E-state index contributed by atoms with van der Waals surface area (Å²) in [5.74, 6) is -0.725. The van der Waals surface area contributed by atoms with Gasteiger partial charge in [-0.25, -0.2) is 4.18 Å². The first-order chi connectivity index (χ1) is 30.9. The van der Waals surface area contributed by atoms with Crippen molar-refractivity contribution in [2.45, 2.75) is 249 Å². The third-order valence-corrected chi connectivity index (χ3v) is 12.2. The third-order valence-electron chi connectivity index (χ3n) is 11.7. The third kappa shape index (κ3) is 31.9. The highest BCUT2D eigenvalue weighted by molar-refractivity contribution is 7.80. The molecule has 0 aromatic heterocycles. The second-order valence-electron chi connectivity index (χ2n) is 17.6. The van der Waals surface area contributed by atoms with Gasteiger partial charge in [-0.2, -0.15) is 8.42 Å². The van der Waals surface area contributed by atoms with Crippen LogP contribution in [0.1, 0.15) is 200 Å². The zero-order valence-corrected chi connectivity index (χ0v) is 40.5. The standard InChI is InChI=1S/C50H91NO12S/c1-3-5-7-9-11-13-15-17-19-20-21-22-23-24-25-27-28-30-32-34-36-38-43(53)42(41-61-50-47(56)48(63-64(58,59)60)46(55)45(40-52)62-50)51-49(57)44(54)39-37-35-33-31-29-26-18-16-14-12-10-8-6-4-2/h12,14,16,18,28,30,36,38,42-48,50,52-56H,3-11,13,15,17,19-27,29,31-35,37,39-41H2,1-2H3,(H,51,57)(H,58,59,60)/b14-12-,18-16-,30-28+,38-36+. The van der Waals surface area contributed by atoms with Crippen LogP contribution in [0.2, 0.25) is 0 Å². The number of nitrogens with one attached hydrogen (secondary N) is 1. The molecule has 64 heavy (non-hydrogen) atoms. The molecule has 0 radical (unpaired) electrons. The highest BCUT2D eigenvalue weighted by atomic mass is 32.3. The number of carbonyl (C=O) groups is 1. The fourth-order valence-electron chi connectivity index (χ4n) is 7.70. The van der Waals surface area contributed by atoms with Crippen molar-refractivity contribution in [3.8, 4) is 0 Å². The number of rotatable bonds is 42. The van der Waals surface area contributed by atoms with Gasteiger partial charge < -0.3 is 40.3 Å². The molecular formula is C50H91NO12S. The lowest BCUT2D eigenvalue weighted by Crippen LogP contribution is -2.61. The zero-order chi connectivity index (χ0) is 47.1. The Morgan fingerprint density at radius 3 is 1.62 bits per heavy atom. The Labute approximate surface area is 388 Å². The Balaban J connectivity index is 2.56. The van der Waals surface area contributed by atoms with E-state index in [-0.39, 0.29) is 6.42 Å². The molecule has 0 aliphatic carbocycles. The lowest BCUT2D eigenvalue weighted by Gasteiger charge is -2.41. The molecule has 0 spiro atoms. The van der Waals surface area contributed by atoms with Crippen molar-refractivity contribution in [1.29, 1.82) is 0 Å². The highest BCUT2D eigenvalue weighted by Gasteiger charge is 2.48. The average Bonchev–Trinajstić information content (AvgIpc) is 3.27. The summed E-state index contributed by atoms with van der Waals surface area (Å²) in [6.45, 7) is 3.17. The lowest BCUT2D eigenvalue weighted by molar-refractivity contribution is -0.298. The molecule has 1 saturated heterocycles. The molecule has 0 aromatic carbocycles. The Morgan fingerprint density at radius 1 is 0.641 bits per heavy atom. The van der Waals surface area contributed by atoms with Gasteiger partial charge in [-0.3, -0.25) is 9.35 Å². The van der Waals surface area contributed by atoms with Gasteiger partial charge in [0.1, 0.15) is 30.5 Å². The summed E-state index contributed by atoms with van der Waals surface area (Å²) in [7, 11) is -5.13. The van der Waals surface area contributed by atoms with E-state index in [4.69, 9.17) is 9.47 Å². The van der Waals surface area contributed by atoms with Crippen LogP contribution in [0.5, 0.6) is 0 Å². The molecule has 7 N–H and O–H groups in total. The maximum absolute atomic E-state index is 13.1. The largest absolute Gasteiger partial charge is 0.397 e. The SMILES string of the molecule is CCCCC/C=C\C=C/CCCCCCCC(O)C(=O)NC(COC1OC(CO)C(O)C(OS(=O)(=O)O)C1O)C(O)/C=C/CC/C=C/CCCCCCCCCCCCCCCCC. The van der Waals surface area contributed by atoms with Gasteiger partial charge in [0.05, 0.1) is 25.4 Å². The summed E-state index contributed by atoms with van der Waals surface area (Å²) in [5, 5.41) is 55.3. The van der Waals surface area contributed by atoms with Gasteiger partial charge >= 0.3 is 10.4 Å². The van der Waals surface area contributed by atoms with E-state index < -0.39 is 78.5 Å². The second kappa shape index (κ2) is 40.1. The average molecular weight is 930 g/mol. The van der Waals surface area contributed by atoms with Gasteiger partial charge in [-0.15, -0.1) is 0 Å². The van der Waals surface area contributed by atoms with Crippen LogP contribution < -0.4 is 5.32 Å². The predicted molar refractivity (Wildman–Crippen MR) is 256 cm³/mol. The molecule has 1 rings (SSSR count). The molecule has 8 unspecified atom stereocenters. The number of amides is 1. The van der Waals surface area contributed by atoms with E-state index in [1.165, 1.54) is 115 Å². The number of unbranched alkanes of at least 4 members (excludes halogenated alkanes) is 24. The molecule has 0 saturated carbocycles. The molecular weight excluding hydrogens is 839 g/mol. The lowest BCUT2D eigenvalue weighted by atomic mass is 9.99. The molecule has 8 atom stereocenters. The highest BCUT2D eigenvalue weighted by Crippen LogP contribution is 2.26. The Hall–Kier alpha value is -1.98. The molecule has 13 nitrogen and oxygen atoms in total. The van der Waals surface area contributed by atoms with Crippen molar-refractivity contribution < 1.29 is 57.0 Å². The number of carbonyl (C=O) groups excluding carboxylic acids is 1. The molecule has 1 aliphatic heterocycles. The predicted octanol–water partition coefficient (Wildman–Crippen LogP) is 9.41. The molecule has 1 fully saturated rings. The fraction of sp³-hybridized carbons (Fsp3) is 0.820. The molecule has 1 amide bonds. The molecule has 0 aromatic rings. The van der Waals surface area contributed by atoms with Crippen molar-refractivity contribution in [2.24, 2.45) is 0 Å². The van der Waals surface area contributed by atoms with E-state index in [0.717, 1.165) is 57.8 Å². The monoisotopic (exact) mass is 930 g/mol. The van der Waals surface area contributed by atoms with Gasteiger partial charge in [-0.05, 0) is 57.8 Å². The smallest absolute Gasteiger partial charge is 0.394 e. The van der Waals surface area contributed by atoms with Crippen LogP contribution in [0.15, 0.2) is 48.6 Å². The Morgan fingerprint density at radius 2 is 1.09 bits per heavy atom. The number of aliphatic hydroxyl groups is 5. The van der Waals surface area contributed by atoms with E-state index in [0.29, 0.717) is 12.8 Å². The van der Waals surface area contributed by atoms with Crippen LogP contribution in [-0.4, -0.2) is 107 Å². The van der Waals surface area contributed by atoms with E-state index >= 15 is 0 Å². The van der Waals surface area contributed by atoms with Gasteiger partial charge in [0, 0.05) is 0 Å². The van der Waals surface area contributed by atoms with Crippen LogP contribution in [0.25, 0.3) is 0 Å². The van der Waals surface area contributed by atoms with E-state index in [1.807, 2.05) is 0 Å². The van der Waals surface area contributed by atoms with Crippen molar-refractivity contribution in [3.63, 3.8) is 0 Å². The first-order valence-electron chi connectivity index (χ1n) is 25.1. The molecule has 1 heterocycles. The van der Waals surface area contributed by atoms with Crippen molar-refractivity contribution in [1.82, 2.24) is 5.32 Å². The van der Waals surface area contributed by atoms with Crippen LogP contribution >= 0.6 is 0 Å². The minimum atomic E-state index is -5.13. The van der Waals surface area contributed by atoms with Crippen LogP contribution in [0, 0.1) is 0 Å². The molecule has 0 bridgehead atoms. The number of ether oxygens (including phenoxy) is 2. The molecule has 374 valence electrons. The minimum absolute atomic E-state index is 0.217. The first-order valence-corrected chi connectivity index (χ1v) is 26.5. The number of hydrogen-bond donors (Lipinski definition) is 7. The normalized spacial score (nSPS) is 21.2. The van der Waals surface area contributed by atoms with Crippen LogP contribution in [0.3, 0.4) is 0 Å². The zero-order valence-electron chi connectivity index (χ0n) is 39.7. The first kappa shape index (κ1) is 60.0. The Bertz CT molecular complexity index is 1340. The molecule has 14 heteroatoms. The van der Waals surface area contributed by atoms with E-state index in [1.54, 1.807) is 6.08 Å². The van der Waals surface area contributed by atoms with Gasteiger partial charge in [0.2, 0.25) is 5.91 Å². The fourth-order valence-corrected chi connectivity index (χ4v) is 8.21. The maximum atomic E-state index is 13.1. The summed E-state index contributed by atoms with van der Waals surface area (Å²) in [6, 6.07) is -1.14. The second-order valence-corrected chi connectivity index (χ2v) is 18.6.